The molecule has 16 heavy (non-hydrogen) atoms. The fraction of sp³-hybridized carbons (Fsp3) is 0.917. The van der Waals surface area contributed by atoms with Crippen LogP contribution in [0.3, 0.4) is 0 Å². The van der Waals surface area contributed by atoms with E-state index < -0.39 is 0 Å². The van der Waals surface area contributed by atoms with E-state index in [9.17, 15) is 4.79 Å². The molecule has 1 aliphatic heterocycles. The van der Waals surface area contributed by atoms with Gasteiger partial charge in [-0.3, -0.25) is 4.79 Å². The maximum absolute atomic E-state index is 12.1. The van der Waals surface area contributed by atoms with Crippen LogP contribution in [0.25, 0.3) is 0 Å². The quantitative estimate of drug-likeness (QED) is 0.730. The first kappa shape index (κ1) is 13.5. The average Bonchev–Trinajstić information content (AvgIpc) is 2.47. The number of aliphatic hydroxyl groups is 1. The lowest BCUT2D eigenvalue weighted by molar-refractivity contribution is -0.134. The first-order valence-electron chi connectivity index (χ1n) is 6.07. The molecule has 0 aromatic rings. The minimum absolute atomic E-state index is 0.0435. The molecule has 0 bridgehead atoms. The van der Waals surface area contributed by atoms with Crippen molar-refractivity contribution in [3.05, 3.63) is 0 Å². The highest BCUT2D eigenvalue weighted by Gasteiger charge is 2.39. The number of carbonyl (C=O) groups is 1. The average molecular weight is 228 g/mol. The van der Waals surface area contributed by atoms with Crippen LogP contribution in [0, 0.1) is 0 Å². The van der Waals surface area contributed by atoms with E-state index in [2.05, 4.69) is 19.2 Å². The lowest BCUT2D eigenvalue weighted by Gasteiger charge is -2.35. The molecule has 1 heterocycles. The number of nitrogens with zero attached hydrogens (tertiary/aromatic N) is 1. The zero-order chi connectivity index (χ0) is 12.3. The molecule has 0 aromatic carbocycles. The molecule has 1 aliphatic rings. The molecule has 4 heteroatoms. The first-order valence-corrected chi connectivity index (χ1v) is 6.07. The van der Waals surface area contributed by atoms with E-state index >= 15 is 0 Å². The molecule has 1 atom stereocenters. The predicted octanol–water partition coefficient (Wildman–Crippen LogP) is 0.746. The standard InChI is InChI=1S/C12H24N2O2/c1-9(2)13-10-5-7-14(11(10)16)12(3,4)6-8-15/h9-10,13,15H,5-8H2,1-4H3. The van der Waals surface area contributed by atoms with Crippen LogP contribution in [0.2, 0.25) is 0 Å². The number of nitrogens with one attached hydrogen (secondary N) is 1. The SMILES string of the molecule is CC(C)NC1CCN(C(C)(C)CCO)C1=O. The highest BCUT2D eigenvalue weighted by molar-refractivity contribution is 5.84. The Bertz CT molecular complexity index is 251. The lowest BCUT2D eigenvalue weighted by Crippen LogP contribution is -2.49. The van der Waals surface area contributed by atoms with Gasteiger partial charge >= 0.3 is 0 Å². The molecule has 1 fully saturated rings. The van der Waals surface area contributed by atoms with Crippen LogP contribution in [0.4, 0.5) is 0 Å². The van der Waals surface area contributed by atoms with Crippen LogP contribution in [0.15, 0.2) is 0 Å². The fourth-order valence-electron chi connectivity index (χ4n) is 2.25. The van der Waals surface area contributed by atoms with Gasteiger partial charge < -0.3 is 15.3 Å². The summed E-state index contributed by atoms with van der Waals surface area (Å²) < 4.78 is 0. The van der Waals surface area contributed by atoms with Crippen LogP contribution in [0.1, 0.15) is 40.5 Å². The summed E-state index contributed by atoms with van der Waals surface area (Å²) in [6.07, 6.45) is 1.50. The van der Waals surface area contributed by atoms with Gasteiger partial charge in [0.1, 0.15) is 0 Å². The molecule has 1 saturated heterocycles. The van der Waals surface area contributed by atoms with E-state index in [-0.39, 0.29) is 24.1 Å². The molecular weight excluding hydrogens is 204 g/mol. The first-order chi connectivity index (χ1) is 7.38. The summed E-state index contributed by atoms with van der Waals surface area (Å²) in [4.78, 5) is 14.0. The van der Waals surface area contributed by atoms with Gasteiger partial charge in [0.15, 0.2) is 0 Å². The predicted molar refractivity (Wildman–Crippen MR) is 64.2 cm³/mol. The Labute approximate surface area is 98.0 Å². The smallest absolute Gasteiger partial charge is 0.240 e. The van der Waals surface area contributed by atoms with Gasteiger partial charge in [0.05, 0.1) is 6.04 Å². The van der Waals surface area contributed by atoms with Crippen molar-refractivity contribution in [2.45, 2.75) is 58.2 Å². The summed E-state index contributed by atoms with van der Waals surface area (Å²) in [5, 5.41) is 12.3. The Morgan fingerprint density at radius 3 is 2.69 bits per heavy atom. The van der Waals surface area contributed by atoms with Gasteiger partial charge in [0.2, 0.25) is 5.91 Å². The Balaban J connectivity index is 2.63. The summed E-state index contributed by atoms with van der Waals surface area (Å²) in [5.74, 6) is 0.173. The van der Waals surface area contributed by atoms with E-state index in [1.54, 1.807) is 0 Å². The van der Waals surface area contributed by atoms with Crippen molar-refractivity contribution < 1.29 is 9.90 Å². The second-order valence-electron chi connectivity index (χ2n) is 5.44. The van der Waals surface area contributed by atoms with Crippen molar-refractivity contribution in [3.63, 3.8) is 0 Å². The van der Waals surface area contributed by atoms with Gasteiger partial charge in [-0.2, -0.15) is 0 Å². The van der Waals surface area contributed by atoms with E-state index in [1.807, 2.05) is 18.7 Å². The number of aliphatic hydroxyl groups excluding tert-OH is 1. The Kier molecular flexibility index (Phi) is 4.33. The molecule has 0 saturated carbocycles. The zero-order valence-electron chi connectivity index (χ0n) is 10.8. The summed E-state index contributed by atoms with van der Waals surface area (Å²) in [5.41, 5.74) is -0.237. The van der Waals surface area contributed by atoms with Crippen molar-refractivity contribution in [2.75, 3.05) is 13.2 Å². The van der Waals surface area contributed by atoms with Crippen molar-refractivity contribution >= 4 is 5.91 Å². The van der Waals surface area contributed by atoms with Gasteiger partial charge in [-0.1, -0.05) is 13.8 Å². The molecule has 0 aliphatic carbocycles. The molecule has 1 amide bonds. The van der Waals surface area contributed by atoms with E-state index in [4.69, 9.17) is 5.11 Å². The monoisotopic (exact) mass is 228 g/mol. The third-order valence-corrected chi connectivity index (χ3v) is 3.19. The van der Waals surface area contributed by atoms with Crippen molar-refractivity contribution in [2.24, 2.45) is 0 Å². The summed E-state index contributed by atoms with van der Waals surface area (Å²) in [6.45, 7) is 9.04. The highest BCUT2D eigenvalue weighted by atomic mass is 16.3. The van der Waals surface area contributed by atoms with Gasteiger partial charge in [-0.05, 0) is 26.7 Å². The molecule has 1 rings (SSSR count). The highest BCUT2D eigenvalue weighted by Crippen LogP contribution is 2.25. The van der Waals surface area contributed by atoms with Gasteiger partial charge in [0.25, 0.3) is 0 Å². The minimum atomic E-state index is -0.237. The number of hydrogen-bond donors (Lipinski definition) is 2. The topological polar surface area (TPSA) is 52.6 Å². The van der Waals surface area contributed by atoms with Crippen LogP contribution in [-0.2, 0) is 4.79 Å². The molecule has 2 N–H and O–H groups in total. The van der Waals surface area contributed by atoms with Gasteiger partial charge in [-0.15, -0.1) is 0 Å². The van der Waals surface area contributed by atoms with Gasteiger partial charge in [0, 0.05) is 24.7 Å². The molecule has 0 aromatic heterocycles. The summed E-state index contributed by atoms with van der Waals surface area (Å²) in [7, 11) is 0. The van der Waals surface area contributed by atoms with E-state index in [0.29, 0.717) is 12.5 Å². The zero-order valence-corrected chi connectivity index (χ0v) is 10.8. The molecule has 94 valence electrons. The normalized spacial score (nSPS) is 22.2. The number of carbonyl (C=O) groups excluding carboxylic acids is 1. The Hall–Kier alpha value is -0.610. The summed E-state index contributed by atoms with van der Waals surface area (Å²) in [6, 6.07) is 0.285. The maximum Gasteiger partial charge on any atom is 0.240 e. The molecular formula is C12H24N2O2. The molecule has 4 nitrogen and oxygen atoms in total. The lowest BCUT2D eigenvalue weighted by atomic mass is 9.99. The Morgan fingerprint density at radius 1 is 1.56 bits per heavy atom. The molecule has 1 unspecified atom stereocenters. The van der Waals surface area contributed by atoms with Crippen LogP contribution >= 0.6 is 0 Å². The number of amides is 1. The molecule has 0 radical (unpaired) electrons. The number of likely N-dealkylation sites (tertiary alicyclic amines) is 1. The third-order valence-electron chi connectivity index (χ3n) is 3.19. The van der Waals surface area contributed by atoms with Crippen LogP contribution in [-0.4, -0.2) is 46.7 Å². The van der Waals surface area contributed by atoms with Crippen molar-refractivity contribution in [1.82, 2.24) is 10.2 Å². The number of hydrogen-bond acceptors (Lipinski definition) is 3. The second-order valence-corrected chi connectivity index (χ2v) is 5.44. The minimum Gasteiger partial charge on any atom is -0.396 e. The van der Waals surface area contributed by atoms with Crippen molar-refractivity contribution in [3.8, 4) is 0 Å². The van der Waals surface area contributed by atoms with E-state index in [1.165, 1.54) is 0 Å². The van der Waals surface area contributed by atoms with Gasteiger partial charge in [-0.25, -0.2) is 0 Å². The fourth-order valence-corrected chi connectivity index (χ4v) is 2.25. The largest absolute Gasteiger partial charge is 0.396 e. The van der Waals surface area contributed by atoms with E-state index in [0.717, 1.165) is 13.0 Å². The molecule has 0 spiro atoms. The third kappa shape index (κ3) is 2.95. The van der Waals surface area contributed by atoms with Crippen LogP contribution in [0.5, 0.6) is 0 Å². The van der Waals surface area contributed by atoms with Crippen molar-refractivity contribution in [1.29, 1.82) is 0 Å². The van der Waals surface area contributed by atoms with Crippen LogP contribution < -0.4 is 5.32 Å². The number of rotatable bonds is 5. The maximum atomic E-state index is 12.1. The Morgan fingerprint density at radius 2 is 2.19 bits per heavy atom. The second kappa shape index (κ2) is 5.15. The summed E-state index contributed by atoms with van der Waals surface area (Å²) >= 11 is 0.